The lowest BCUT2D eigenvalue weighted by molar-refractivity contribution is -0.137. The molecule has 0 bridgehead atoms. The number of guanidine groups is 2. The summed E-state index contributed by atoms with van der Waals surface area (Å²) in [4.78, 5) is 8.86. The molecule has 0 radical (unpaired) electrons. The quantitative estimate of drug-likeness (QED) is 0.547. The van der Waals surface area contributed by atoms with Crippen LogP contribution in [0.4, 0.5) is 24.5 Å². The van der Waals surface area contributed by atoms with Gasteiger partial charge in [-0.1, -0.05) is 0 Å². The van der Waals surface area contributed by atoms with Crippen molar-refractivity contribution in [3.8, 4) is 0 Å². The van der Waals surface area contributed by atoms with Gasteiger partial charge in [-0.25, -0.2) is 4.99 Å². The molecule has 0 atom stereocenters. The molecular weight excluding hydrogens is 313 g/mol. The number of nitrogens with two attached hydrogens (primary N) is 3. The Balaban J connectivity index is 2.41. The SMILES string of the molecule is NC(N)=NC(N)=Nc1ccc(N2CCOCC2)cc1C(F)(F)F. The van der Waals surface area contributed by atoms with Crippen LogP contribution in [0.25, 0.3) is 0 Å². The van der Waals surface area contributed by atoms with Gasteiger partial charge in [0.1, 0.15) is 0 Å². The number of alkyl halides is 3. The topological polar surface area (TPSA) is 115 Å². The molecule has 2 rings (SSSR count). The zero-order chi connectivity index (χ0) is 17.0. The van der Waals surface area contributed by atoms with E-state index in [2.05, 4.69) is 9.98 Å². The van der Waals surface area contributed by atoms with Crippen LogP contribution in [0.15, 0.2) is 28.2 Å². The van der Waals surface area contributed by atoms with Gasteiger partial charge in [-0.3, -0.25) is 0 Å². The summed E-state index contributed by atoms with van der Waals surface area (Å²) in [6.07, 6.45) is -4.58. The third kappa shape index (κ3) is 4.49. The van der Waals surface area contributed by atoms with Gasteiger partial charge in [0.25, 0.3) is 0 Å². The number of morpholine rings is 1. The van der Waals surface area contributed by atoms with E-state index in [4.69, 9.17) is 21.9 Å². The molecule has 0 amide bonds. The van der Waals surface area contributed by atoms with Gasteiger partial charge in [-0.05, 0) is 18.2 Å². The third-order valence-electron chi connectivity index (χ3n) is 3.14. The molecule has 6 N–H and O–H groups in total. The maximum absolute atomic E-state index is 13.3. The molecule has 1 aromatic rings. The minimum atomic E-state index is -4.58. The van der Waals surface area contributed by atoms with Crippen molar-refractivity contribution in [3.63, 3.8) is 0 Å². The Morgan fingerprint density at radius 2 is 1.78 bits per heavy atom. The van der Waals surface area contributed by atoms with Crippen molar-refractivity contribution in [2.24, 2.45) is 27.2 Å². The van der Waals surface area contributed by atoms with Crippen LogP contribution in [0.2, 0.25) is 0 Å². The van der Waals surface area contributed by atoms with Crippen molar-refractivity contribution >= 4 is 23.3 Å². The van der Waals surface area contributed by atoms with E-state index in [0.29, 0.717) is 32.0 Å². The van der Waals surface area contributed by atoms with Crippen molar-refractivity contribution in [2.45, 2.75) is 6.18 Å². The van der Waals surface area contributed by atoms with Crippen LogP contribution >= 0.6 is 0 Å². The minimum absolute atomic E-state index is 0.350. The average Bonchev–Trinajstić information content (AvgIpc) is 2.46. The molecule has 23 heavy (non-hydrogen) atoms. The standard InChI is InChI=1S/C13H17F3N6O/c14-13(15,16)9-7-8(22-3-5-23-6-4-22)1-2-10(9)20-12(19)21-11(17)18/h1-2,7H,3-6H2,(H6,17,18,19,20,21). The smallest absolute Gasteiger partial charge is 0.378 e. The normalized spacial score (nSPS) is 16.3. The Labute approximate surface area is 130 Å². The number of aliphatic imine (C=N–C) groups is 2. The average molecular weight is 330 g/mol. The molecule has 1 aliphatic rings. The van der Waals surface area contributed by atoms with Crippen LogP contribution in [-0.4, -0.2) is 38.2 Å². The van der Waals surface area contributed by atoms with E-state index in [1.807, 2.05) is 4.90 Å². The highest BCUT2D eigenvalue weighted by Gasteiger charge is 2.34. The predicted octanol–water partition coefficient (Wildman–Crippen LogP) is 0.762. The highest BCUT2D eigenvalue weighted by Crippen LogP contribution is 2.38. The molecule has 1 aromatic carbocycles. The number of ether oxygens (including phenoxy) is 1. The largest absolute Gasteiger partial charge is 0.418 e. The summed E-state index contributed by atoms with van der Waals surface area (Å²) in [5, 5.41) is 0. The number of hydrogen-bond acceptors (Lipinski definition) is 3. The molecule has 1 heterocycles. The molecule has 1 aliphatic heterocycles. The second-order valence-corrected chi connectivity index (χ2v) is 4.81. The van der Waals surface area contributed by atoms with Crippen molar-refractivity contribution in [2.75, 3.05) is 31.2 Å². The molecule has 0 aromatic heterocycles. The van der Waals surface area contributed by atoms with Gasteiger partial charge >= 0.3 is 6.18 Å². The summed E-state index contributed by atoms with van der Waals surface area (Å²) in [7, 11) is 0. The molecule has 126 valence electrons. The van der Waals surface area contributed by atoms with E-state index in [0.717, 1.165) is 6.07 Å². The molecule has 10 heteroatoms. The fourth-order valence-electron chi connectivity index (χ4n) is 2.15. The summed E-state index contributed by atoms with van der Waals surface area (Å²) in [5.74, 6) is -0.834. The fourth-order valence-corrected chi connectivity index (χ4v) is 2.15. The molecule has 0 unspecified atom stereocenters. The van der Waals surface area contributed by atoms with E-state index in [9.17, 15) is 13.2 Å². The highest BCUT2D eigenvalue weighted by molar-refractivity contribution is 5.93. The van der Waals surface area contributed by atoms with Crippen molar-refractivity contribution in [1.82, 2.24) is 0 Å². The van der Waals surface area contributed by atoms with Gasteiger partial charge in [0, 0.05) is 18.8 Å². The first kappa shape index (κ1) is 16.9. The van der Waals surface area contributed by atoms with Crippen LogP contribution in [0.1, 0.15) is 5.56 Å². The van der Waals surface area contributed by atoms with E-state index in [1.54, 1.807) is 6.07 Å². The first-order valence-electron chi connectivity index (χ1n) is 6.75. The second kappa shape index (κ2) is 6.73. The Hall–Kier alpha value is -2.49. The Bertz CT molecular complexity index is 619. The van der Waals surface area contributed by atoms with Crippen LogP contribution in [0.5, 0.6) is 0 Å². The number of nitrogens with zero attached hydrogens (tertiary/aromatic N) is 3. The molecule has 1 fully saturated rings. The van der Waals surface area contributed by atoms with Gasteiger partial charge in [0.15, 0.2) is 5.96 Å². The summed E-state index contributed by atoms with van der Waals surface area (Å²) in [5.41, 5.74) is 14.8. The summed E-state index contributed by atoms with van der Waals surface area (Å²) in [6.45, 7) is 1.99. The van der Waals surface area contributed by atoms with Gasteiger partial charge in [0.2, 0.25) is 5.96 Å². The van der Waals surface area contributed by atoms with Crippen molar-refractivity contribution in [1.29, 1.82) is 0 Å². The third-order valence-corrected chi connectivity index (χ3v) is 3.14. The molecule has 7 nitrogen and oxygen atoms in total. The minimum Gasteiger partial charge on any atom is -0.378 e. The van der Waals surface area contributed by atoms with Crippen LogP contribution in [0, 0.1) is 0 Å². The monoisotopic (exact) mass is 330 g/mol. The van der Waals surface area contributed by atoms with E-state index in [1.165, 1.54) is 6.07 Å². The molecule has 0 saturated carbocycles. The van der Waals surface area contributed by atoms with Crippen LogP contribution in [0.3, 0.4) is 0 Å². The molecule has 1 saturated heterocycles. The maximum atomic E-state index is 13.3. The Morgan fingerprint density at radius 3 is 2.35 bits per heavy atom. The predicted molar refractivity (Wildman–Crippen MR) is 81.6 cm³/mol. The zero-order valence-corrected chi connectivity index (χ0v) is 12.2. The molecule has 0 aliphatic carbocycles. The fraction of sp³-hybridized carbons (Fsp3) is 0.385. The van der Waals surface area contributed by atoms with Crippen molar-refractivity contribution < 1.29 is 17.9 Å². The first-order valence-corrected chi connectivity index (χ1v) is 6.75. The lowest BCUT2D eigenvalue weighted by Gasteiger charge is -2.29. The lowest BCUT2D eigenvalue weighted by Crippen LogP contribution is -2.36. The number of rotatable bonds is 2. The highest BCUT2D eigenvalue weighted by atomic mass is 19.4. The van der Waals surface area contributed by atoms with Gasteiger partial charge in [-0.2, -0.15) is 18.2 Å². The van der Waals surface area contributed by atoms with E-state index >= 15 is 0 Å². The molecule has 0 spiro atoms. The number of halogens is 3. The summed E-state index contributed by atoms with van der Waals surface area (Å²) < 4.78 is 45.0. The van der Waals surface area contributed by atoms with Gasteiger partial charge in [-0.15, -0.1) is 0 Å². The maximum Gasteiger partial charge on any atom is 0.418 e. The number of hydrogen-bond donors (Lipinski definition) is 3. The number of benzene rings is 1. The lowest BCUT2D eigenvalue weighted by atomic mass is 10.1. The van der Waals surface area contributed by atoms with E-state index < -0.39 is 17.7 Å². The van der Waals surface area contributed by atoms with Crippen LogP contribution < -0.4 is 22.1 Å². The van der Waals surface area contributed by atoms with Crippen molar-refractivity contribution in [3.05, 3.63) is 23.8 Å². The zero-order valence-electron chi connectivity index (χ0n) is 12.2. The van der Waals surface area contributed by atoms with Crippen LogP contribution in [-0.2, 0) is 10.9 Å². The first-order chi connectivity index (χ1) is 10.8. The number of anilines is 1. The Kier molecular flexibility index (Phi) is 4.94. The van der Waals surface area contributed by atoms with E-state index in [-0.39, 0.29) is 11.6 Å². The summed E-state index contributed by atoms with van der Waals surface area (Å²) in [6, 6.07) is 3.82. The molecular formula is C13H17F3N6O. The van der Waals surface area contributed by atoms with Gasteiger partial charge in [0.05, 0.1) is 24.5 Å². The summed E-state index contributed by atoms with van der Waals surface area (Å²) >= 11 is 0. The Morgan fingerprint density at radius 1 is 1.13 bits per heavy atom. The second-order valence-electron chi connectivity index (χ2n) is 4.81. The van der Waals surface area contributed by atoms with Gasteiger partial charge < -0.3 is 26.8 Å².